The predicted molar refractivity (Wildman–Crippen MR) is 75.9 cm³/mol. The molecule has 4 fully saturated rings. The Morgan fingerprint density at radius 3 is 2.00 bits per heavy atom. The number of aliphatic hydroxyl groups excluding tert-OH is 1. The molecule has 4 saturated heterocycles. The van der Waals surface area contributed by atoms with E-state index in [-0.39, 0.29) is 5.41 Å². The Kier molecular flexibility index (Phi) is 3.04. The van der Waals surface area contributed by atoms with Gasteiger partial charge in [-0.2, -0.15) is 0 Å². The fraction of sp³-hybridized carbons (Fsp3) is 0.571. The molecular formula is C14H20Cl2N3O+3. The summed E-state index contributed by atoms with van der Waals surface area (Å²) in [6.45, 7) is 6.84. The van der Waals surface area contributed by atoms with Crippen LogP contribution in [0.25, 0.3) is 0 Å². The fourth-order valence-corrected chi connectivity index (χ4v) is 4.94. The largest absolute Gasteiger partial charge is 0.387 e. The molecule has 0 radical (unpaired) electrons. The van der Waals surface area contributed by atoms with E-state index in [1.807, 2.05) is 12.1 Å². The lowest BCUT2D eigenvalue weighted by atomic mass is 9.74. The summed E-state index contributed by atoms with van der Waals surface area (Å²) in [5, 5.41) is 12.0. The summed E-state index contributed by atoms with van der Waals surface area (Å²) in [7, 11) is 0. The van der Waals surface area contributed by atoms with Crippen molar-refractivity contribution >= 4 is 23.2 Å². The van der Waals surface area contributed by atoms with Crippen LogP contribution in [0.5, 0.6) is 0 Å². The van der Waals surface area contributed by atoms with Gasteiger partial charge in [-0.25, -0.2) is 14.7 Å². The van der Waals surface area contributed by atoms with Crippen molar-refractivity contribution in [3.63, 3.8) is 0 Å². The summed E-state index contributed by atoms with van der Waals surface area (Å²) in [6.07, 6.45) is -0.446. The second kappa shape index (κ2) is 4.57. The molecule has 108 valence electrons. The van der Waals surface area contributed by atoms with Crippen LogP contribution in [0.1, 0.15) is 11.7 Å². The van der Waals surface area contributed by atoms with Crippen molar-refractivity contribution in [1.82, 2.24) is 0 Å². The lowest BCUT2D eigenvalue weighted by Gasteiger charge is -2.53. The van der Waals surface area contributed by atoms with Crippen molar-refractivity contribution in [2.24, 2.45) is 5.41 Å². The smallest absolute Gasteiger partial charge is 0.213 e. The third-order valence-electron chi connectivity index (χ3n) is 5.15. The van der Waals surface area contributed by atoms with Crippen molar-refractivity contribution in [2.75, 3.05) is 39.6 Å². The zero-order valence-corrected chi connectivity index (χ0v) is 12.8. The number of quaternary nitrogens is 3. The lowest BCUT2D eigenvalue weighted by Crippen LogP contribution is -3.55. The second-order valence-electron chi connectivity index (χ2n) is 6.75. The maximum absolute atomic E-state index is 11.0. The SMILES string of the molecule is O[C@H](c1ccc(Cl)c(Cl)c1)C12C[NH+]3C[NH+](C[NH+](C3)C1)C2. The summed E-state index contributed by atoms with van der Waals surface area (Å²) in [4.78, 5) is 4.87. The van der Waals surface area contributed by atoms with E-state index in [4.69, 9.17) is 23.2 Å². The number of hydrogen-bond donors (Lipinski definition) is 4. The van der Waals surface area contributed by atoms with Gasteiger partial charge < -0.3 is 5.11 Å². The van der Waals surface area contributed by atoms with Gasteiger partial charge in [0.1, 0.15) is 31.2 Å². The summed E-state index contributed by atoms with van der Waals surface area (Å²) in [5.74, 6) is 0. The maximum atomic E-state index is 11.0. The van der Waals surface area contributed by atoms with Crippen LogP contribution in [-0.2, 0) is 0 Å². The zero-order valence-electron chi connectivity index (χ0n) is 11.3. The molecule has 4 aliphatic rings. The third-order valence-corrected chi connectivity index (χ3v) is 5.88. The van der Waals surface area contributed by atoms with E-state index in [1.54, 1.807) is 20.8 Å². The second-order valence-corrected chi connectivity index (χ2v) is 7.56. The highest BCUT2D eigenvalue weighted by Gasteiger charge is 2.60. The average molecular weight is 317 g/mol. The standard InChI is InChI=1S/C14H17Cl2N3O/c15-11-2-1-10(3-12(11)16)13(20)14-4-17-7-18(5-14)9-19(6-14)8-17/h1-3,13,20H,4-9H2/p+3/t13-/m1/s1. The molecule has 4 heterocycles. The minimum Gasteiger partial charge on any atom is -0.387 e. The molecule has 0 amide bonds. The molecular weight excluding hydrogens is 297 g/mol. The van der Waals surface area contributed by atoms with Crippen molar-refractivity contribution in [2.45, 2.75) is 6.10 Å². The van der Waals surface area contributed by atoms with Gasteiger partial charge in [-0.3, -0.25) is 0 Å². The molecule has 0 saturated carbocycles. The summed E-state index contributed by atoms with van der Waals surface area (Å²) in [5.41, 5.74) is 0.898. The Hall–Kier alpha value is -0.360. The summed E-state index contributed by atoms with van der Waals surface area (Å²) in [6, 6.07) is 5.53. The third kappa shape index (κ3) is 1.98. The van der Waals surface area contributed by atoms with Crippen molar-refractivity contribution in [1.29, 1.82) is 0 Å². The summed E-state index contributed by atoms with van der Waals surface area (Å²) < 4.78 is 0. The molecule has 0 aromatic heterocycles. The van der Waals surface area contributed by atoms with E-state index < -0.39 is 6.10 Å². The molecule has 0 aliphatic carbocycles. The fourth-order valence-electron chi connectivity index (χ4n) is 4.63. The molecule has 4 aliphatic heterocycles. The Morgan fingerprint density at radius 1 is 0.950 bits per heavy atom. The van der Waals surface area contributed by atoms with Crippen molar-refractivity contribution in [3.8, 4) is 0 Å². The van der Waals surface area contributed by atoms with Crippen LogP contribution in [0, 0.1) is 5.41 Å². The quantitative estimate of drug-likeness (QED) is 0.481. The van der Waals surface area contributed by atoms with E-state index in [1.165, 1.54) is 20.0 Å². The lowest BCUT2D eigenvalue weighted by molar-refractivity contribution is -1.30. The van der Waals surface area contributed by atoms with E-state index in [9.17, 15) is 5.11 Å². The van der Waals surface area contributed by atoms with Crippen molar-refractivity contribution < 1.29 is 19.8 Å². The Labute approximate surface area is 128 Å². The zero-order chi connectivity index (χ0) is 13.9. The van der Waals surface area contributed by atoms with Gasteiger partial charge in [-0.1, -0.05) is 29.3 Å². The van der Waals surface area contributed by atoms with E-state index in [0.29, 0.717) is 10.0 Å². The minimum absolute atomic E-state index is 0.00803. The minimum atomic E-state index is -0.446. The van der Waals surface area contributed by atoms with E-state index in [0.717, 1.165) is 25.2 Å². The number of rotatable bonds is 2. The van der Waals surface area contributed by atoms with E-state index in [2.05, 4.69) is 0 Å². The molecule has 4 N–H and O–H groups in total. The van der Waals surface area contributed by atoms with Gasteiger partial charge >= 0.3 is 0 Å². The highest BCUT2D eigenvalue weighted by atomic mass is 35.5. The van der Waals surface area contributed by atoms with Gasteiger partial charge in [0, 0.05) is 0 Å². The molecule has 4 bridgehead atoms. The molecule has 1 atom stereocenters. The number of hydrogen-bond acceptors (Lipinski definition) is 1. The maximum Gasteiger partial charge on any atom is 0.213 e. The van der Waals surface area contributed by atoms with Crippen molar-refractivity contribution in [3.05, 3.63) is 33.8 Å². The topological polar surface area (TPSA) is 33.6 Å². The van der Waals surface area contributed by atoms with Gasteiger partial charge in [0.25, 0.3) is 0 Å². The van der Waals surface area contributed by atoms with Gasteiger partial charge in [0.2, 0.25) is 20.0 Å². The van der Waals surface area contributed by atoms with E-state index >= 15 is 0 Å². The van der Waals surface area contributed by atoms with Gasteiger partial charge in [0.05, 0.1) is 10.0 Å². The molecule has 0 unspecified atom stereocenters. The number of halogens is 2. The molecule has 4 nitrogen and oxygen atoms in total. The molecule has 1 aromatic rings. The van der Waals surface area contributed by atoms with Crippen LogP contribution >= 0.6 is 23.2 Å². The average Bonchev–Trinajstić information content (AvgIpc) is 2.39. The van der Waals surface area contributed by atoms with Crippen LogP contribution in [0.4, 0.5) is 0 Å². The van der Waals surface area contributed by atoms with Crippen LogP contribution < -0.4 is 14.7 Å². The van der Waals surface area contributed by atoms with Crippen LogP contribution in [-0.4, -0.2) is 44.7 Å². The first-order valence-electron chi connectivity index (χ1n) is 7.19. The highest BCUT2D eigenvalue weighted by Crippen LogP contribution is 2.35. The first-order valence-corrected chi connectivity index (χ1v) is 7.95. The van der Waals surface area contributed by atoms with Crippen LogP contribution in [0.2, 0.25) is 10.0 Å². The molecule has 6 heteroatoms. The molecule has 0 spiro atoms. The first-order chi connectivity index (χ1) is 9.56. The van der Waals surface area contributed by atoms with Crippen LogP contribution in [0.3, 0.4) is 0 Å². The first kappa shape index (κ1) is 13.3. The van der Waals surface area contributed by atoms with Gasteiger partial charge in [-0.05, 0) is 17.7 Å². The Morgan fingerprint density at radius 2 is 1.50 bits per heavy atom. The van der Waals surface area contributed by atoms with Gasteiger partial charge in [0.15, 0.2) is 0 Å². The number of nitrogens with one attached hydrogen (secondary N) is 3. The molecule has 5 rings (SSSR count). The predicted octanol–water partition coefficient (Wildman–Crippen LogP) is -2.42. The van der Waals surface area contributed by atoms with Crippen LogP contribution in [0.15, 0.2) is 18.2 Å². The number of aliphatic hydroxyl groups is 1. The summed E-state index contributed by atoms with van der Waals surface area (Å²) >= 11 is 12.1. The Balaban J connectivity index is 1.67. The number of benzene rings is 1. The monoisotopic (exact) mass is 316 g/mol. The Bertz CT molecular complexity index is 516. The normalized spacial score (nSPS) is 40.0. The molecule has 20 heavy (non-hydrogen) atoms. The van der Waals surface area contributed by atoms with Gasteiger partial charge in [-0.15, -0.1) is 0 Å². The molecule has 1 aromatic carbocycles. The highest BCUT2D eigenvalue weighted by molar-refractivity contribution is 6.42.